The standard InChI is InChI=1S/C24H15Br2NO4/c25-15-9-11-16(12-10-15)27-20(28)13-18(22(27)29)24(14-5-2-1-3-6-14)17-7-4-8-19(26)21(17)31-23(24)30/h1-12,18H,13H2/t18-,24+/m1/s1. The molecule has 0 saturated carbocycles. The molecule has 2 atom stereocenters. The molecule has 3 aromatic rings. The number of carbonyl (C=O) groups excluding carboxylic acids is 3. The summed E-state index contributed by atoms with van der Waals surface area (Å²) in [5, 5.41) is 0. The second-order valence-electron chi connectivity index (χ2n) is 7.48. The van der Waals surface area contributed by atoms with Crippen molar-refractivity contribution in [2.24, 2.45) is 5.92 Å². The van der Waals surface area contributed by atoms with Gasteiger partial charge < -0.3 is 4.74 Å². The van der Waals surface area contributed by atoms with Gasteiger partial charge in [-0.25, -0.2) is 0 Å². The van der Waals surface area contributed by atoms with Crippen molar-refractivity contribution in [2.45, 2.75) is 11.8 Å². The van der Waals surface area contributed by atoms with E-state index < -0.39 is 23.2 Å². The average molecular weight is 541 g/mol. The molecule has 0 radical (unpaired) electrons. The Morgan fingerprint density at radius 2 is 1.58 bits per heavy atom. The molecule has 0 unspecified atom stereocenters. The molecule has 0 aliphatic carbocycles. The number of carbonyl (C=O) groups is 3. The Labute approximate surface area is 195 Å². The summed E-state index contributed by atoms with van der Waals surface area (Å²) in [5.41, 5.74) is 0.282. The van der Waals surface area contributed by atoms with E-state index in [0.29, 0.717) is 27.0 Å². The summed E-state index contributed by atoms with van der Waals surface area (Å²) >= 11 is 6.81. The largest absolute Gasteiger partial charge is 0.424 e. The van der Waals surface area contributed by atoms with Gasteiger partial charge in [-0.3, -0.25) is 19.3 Å². The summed E-state index contributed by atoms with van der Waals surface area (Å²) < 4.78 is 7.15. The van der Waals surface area contributed by atoms with E-state index in [4.69, 9.17) is 4.74 Å². The van der Waals surface area contributed by atoms with Gasteiger partial charge in [0.05, 0.1) is 16.1 Å². The van der Waals surface area contributed by atoms with Gasteiger partial charge >= 0.3 is 5.97 Å². The molecule has 5 rings (SSSR count). The zero-order valence-corrected chi connectivity index (χ0v) is 19.2. The summed E-state index contributed by atoms with van der Waals surface area (Å²) in [6.45, 7) is 0. The van der Waals surface area contributed by atoms with Crippen LogP contribution < -0.4 is 9.64 Å². The molecule has 2 aliphatic rings. The van der Waals surface area contributed by atoms with Crippen molar-refractivity contribution in [2.75, 3.05) is 4.90 Å². The molecule has 2 heterocycles. The average Bonchev–Trinajstić information content (AvgIpc) is 3.23. The number of ether oxygens (including phenoxy) is 1. The fraction of sp³-hybridized carbons (Fsp3) is 0.125. The SMILES string of the molecule is O=C1C[C@@H]([C@@]2(c3ccccc3)C(=O)Oc3c(Br)cccc32)C(=O)N1c1ccc(Br)cc1. The van der Waals surface area contributed by atoms with Crippen molar-refractivity contribution in [1.29, 1.82) is 0 Å². The second-order valence-corrected chi connectivity index (χ2v) is 9.25. The molecule has 1 saturated heterocycles. The minimum atomic E-state index is -1.41. The van der Waals surface area contributed by atoms with Gasteiger partial charge in [0, 0.05) is 16.5 Å². The van der Waals surface area contributed by atoms with Gasteiger partial charge in [0.1, 0.15) is 11.2 Å². The predicted octanol–water partition coefficient (Wildman–Crippen LogP) is 5.00. The lowest BCUT2D eigenvalue weighted by Crippen LogP contribution is -2.46. The quantitative estimate of drug-likeness (QED) is 0.266. The van der Waals surface area contributed by atoms with Crippen LogP contribution >= 0.6 is 31.9 Å². The van der Waals surface area contributed by atoms with E-state index >= 15 is 0 Å². The molecule has 7 heteroatoms. The predicted molar refractivity (Wildman–Crippen MR) is 122 cm³/mol. The molecule has 0 bridgehead atoms. The summed E-state index contributed by atoms with van der Waals surface area (Å²) in [6.07, 6.45) is -0.0924. The van der Waals surface area contributed by atoms with E-state index in [1.807, 2.05) is 18.2 Å². The Bertz CT molecular complexity index is 1230. The number of amides is 2. The third kappa shape index (κ3) is 2.91. The number of hydrogen-bond donors (Lipinski definition) is 0. The third-order valence-corrected chi connectivity index (χ3v) is 7.04. The first-order chi connectivity index (χ1) is 14.9. The molecule has 0 aromatic heterocycles. The monoisotopic (exact) mass is 539 g/mol. The zero-order chi connectivity index (χ0) is 21.8. The van der Waals surface area contributed by atoms with Crippen LogP contribution in [0.2, 0.25) is 0 Å². The number of benzene rings is 3. The van der Waals surface area contributed by atoms with Crippen LogP contribution in [0.4, 0.5) is 5.69 Å². The van der Waals surface area contributed by atoms with E-state index in [1.54, 1.807) is 54.6 Å². The van der Waals surface area contributed by atoms with Gasteiger partial charge in [-0.2, -0.15) is 0 Å². The Hall–Kier alpha value is -2.77. The highest BCUT2D eigenvalue weighted by atomic mass is 79.9. The van der Waals surface area contributed by atoms with E-state index in [0.717, 1.165) is 4.47 Å². The molecule has 5 nitrogen and oxygen atoms in total. The van der Waals surface area contributed by atoms with Crippen LogP contribution in [-0.2, 0) is 19.8 Å². The van der Waals surface area contributed by atoms with Gasteiger partial charge in [-0.15, -0.1) is 0 Å². The maximum Gasteiger partial charge on any atom is 0.327 e. The third-order valence-electron chi connectivity index (χ3n) is 5.89. The van der Waals surface area contributed by atoms with Gasteiger partial charge in [0.2, 0.25) is 11.8 Å². The highest BCUT2D eigenvalue weighted by Gasteiger charge is 2.62. The maximum atomic E-state index is 13.7. The van der Waals surface area contributed by atoms with Crippen molar-refractivity contribution in [3.05, 3.63) is 92.9 Å². The first kappa shape index (κ1) is 20.2. The van der Waals surface area contributed by atoms with Crippen molar-refractivity contribution in [1.82, 2.24) is 0 Å². The van der Waals surface area contributed by atoms with Crippen LogP contribution in [-0.4, -0.2) is 17.8 Å². The lowest BCUT2D eigenvalue weighted by atomic mass is 9.66. The molecule has 1 fully saturated rings. The van der Waals surface area contributed by atoms with Gasteiger partial charge in [-0.1, -0.05) is 58.4 Å². The number of nitrogens with zero attached hydrogens (tertiary/aromatic N) is 1. The number of fused-ring (bicyclic) bond motifs is 1. The Kier molecular flexibility index (Phi) is 4.83. The Morgan fingerprint density at radius 3 is 2.29 bits per heavy atom. The number of esters is 1. The van der Waals surface area contributed by atoms with Crippen LogP contribution in [0, 0.1) is 5.92 Å². The van der Waals surface area contributed by atoms with Crippen molar-refractivity contribution >= 4 is 55.3 Å². The number of hydrogen-bond acceptors (Lipinski definition) is 4. The van der Waals surface area contributed by atoms with E-state index in [9.17, 15) is 14.4 Å². The highest BCUT2D eigenvalue weighted by Crippen LogP contribution is 2.54. The van der Waals surface area contributed by atoms with Crippen LogP contribution in [0.25, 0.3) is 0 Å². The summed E-state index contributed by atoms with van der Waals surface area (Å²) in [4.78, 5) is 41.4. The lowest BCUT2D eigenvalue weighted by molar-refractivity contribution is -0.141. The molecule has 0 spiro atoms. The van der Waals surface area contributed by atoms with Crippen LogP contribution in [0.3, 0.4) is 0 Å². The van der Waals surface area contributed by atoms with E-state index in [1.165, 1.54) is 4.90 Å². The van der Waals surface area contributed by atoms with Crippen molar-refractivity contribution < 1.29 is 19.1 Å². The number of halogens is 2. The number of rotatable bonds is 3. The molecule has 154 valence electrons. The van der Waals surface area contributed by atoms with Crippen LogP contribution in [0.5, 0.6) is 5.75 Å². The summed E-state index contributed by atoms with van der Waals surface area (Å²) in [6, 6.07) is 21.4. The van der Waals surface area contributed by atoms with E-state index in [-0.39, 0.29) is 12.3 Å². The summed E-state index contributed by atoms with van der Waals surface area (Å²) in [7, 11) is 0. The van der Waals surface area contributed by atoms with Gasteiger partial charge in [-0.05, 0) is 51.8 Å². The van der Waals surface area contributed by atoms with E-state index in [2.05, 4.69) is 31.9 Å². The molecular formula is C24H15Br2NO4. The Balaban J connectivity index is 1.71. The number of anilines is 1. The molecule has 0 N–H and O–H groups in total. The van der Waals surface area contributed by atoms with Crippen molar-refractivity contribution in [3.63, 3.8) is 0 Å². The Morgan fingerprint density at radius 1 is 0.871 bits per heavy atom. The molecule has 31 heavy (non-hydrogen) atoms. The molecule has 3 aromatic carbocycles. The van der Waals surface area contributed by atoms with Crippen LogP contribution in [0.1, 0.15) is 17.5 Å². The number of para-hydroxylation sites is 1. The fourth-order valence-electron chi connectivity index (χ4n) is 4.54. The molecule has 2 amide bonds. The lowest BCUT2D eigenvalue weighted by Gasteiger charge is -2.31. The van der Waals surface area contributed by atoms with Crippen molar-refractivity contribution in [3.8, 4) is 5.75 Å². The minimum absolute atomic E-state index is 0.0924. The van der Waals surface area contributed by atoms with Gasteiger partial charge in [0.15, 0.2) is 0 Å². The first-order valence-electron chi connectivity index (χ1n) is 9.63. The van der Waals surface area contributed by atoms with Gasteiger partial charge in [0.25, 0.3) is 0 Å². The maximum absolute atomic E-state index is 13.7. The summed E-state index contributed by atoms with van der Waals surface area (Å²) in [5.74, 6) is -1.85. The zero-order valence-electron chi connectivity index (χ0n) is 16.0. The first-order valence-corrected chi connectivity index (χ1v) is 11.2. The normalized spacial score (nSPS) is 22.6. The van der Waals surface area contributed by atoms with Crippen LogP contribution in [0.15, 0.2) is 81.7 Å². The molecule has 2 aliphatic heterocycles. The second kappa shape index (κ2) is 7.43. The fourth-order valence-corrected chi connectivity index (χ4v) is 5.25. The minimum Gasteiger partial charge on any atom is -0.424 e. The topological polar surface area (TPSA) is 63.7 Å². The number of imide groups is 1. The molecular weight excluding hydrogens is 526 g/mol. The highest BCUT2D eigenvalue weighted by molar-refractivity contribution is 9.10. The smallest absolute Gasteiger partial charge is 0.327 e.